The monoisotopic (exact) mass is 397 g/mol. The molecule has 0 aliphatic carbocycles. The molecule has 2 rings (SSSR count). The molecule has 156 valence electrons. The minimum atomic E-state index is -0.205. The van der Waals surface area contributed by atoms with Crippen LogP contribution in [0, 0.1) is 20.8 Å². The van der Waals surface area contributed by atoms with E-state index in [-0.39, 0.29) is 24.9 Å². The first-order chi connectivity index (χ1) is 13.8. The van der Waals surface area contributed by atoms with Crippen LogP contribution in [-0.2, 0) is 9.59 Å². The Kier molecular flexibility index (Phi) is 8.21. The van der Waals surface area contributed by atoms with Crippen LogP contribution in [0.5, 0.6) is 5.75 Å². The Labute approximate surface area is 173 Å². The summed E-state index contributed by atoms with van der Waals surface area (Å²) in [5.74, 6) is 0.538. The standard InChI is InChI=1S/C23H31N3O3/c1-17-9-6-7-12-20(17)29-14-13-25(4)16-22(28)26(5)15-21(27)24-23-18(2)10-8-11-19(23)3/h6-12H,13-16H2,1-5H3,(H,24,27). The van der Waals surface area contributed by atoms with Gasteiger partial charge in [0.25, 0.3) is 0 Å². The van der Waals surface area contributed by atoms with Crippen molar-refractivity contribution in [3.63, 3.8) is 0 Å². The van der Waals surface area contributed by atoms with Crippen LogP contribution in [0.15, 0.2) is 42.5 Å². The minimum absolute atomic E-state index is 0.0140. The zero-order valence-electron chi connectivity index (χ0n) is 18.0. The van der Waals surface area contributed by atoms with Gasteiger partial charge in [-0.25, -0.2) is 0 Å². The number of nitrogens with zero attached hydrogens (tertiary/aromatic N) is 2. The number of para-hydroxylation sites is 2. The molecule has 0 saturated heterocycles. The van der Waals surface area contributed by atoms with Crippen LogP contribution in [0.1, 0.15) is 16.7 Å². The van der Waals surface area contributed by atoms with Gasteiger partial charge >= 0.3 is 0 Å². The highest BCUT2D eigenvalue weighted by atomic mass is 16.5. The van der Waals surface area contributed by atoms with Gasteiger partial charge < -0.3 is 15.0 Å². The number of benzene rings is 2. The predicted molar refractivity (Wildman–Crippen MR) is 116 cm³/mol. The van der Waals surface area contributed by atoms with E-state index in [1.807, 2.05) is 75.2 Å². The lowest BCUT2D eigenvalue weighted by atomic mass is 10.1. The molecule has 0 fully saturated rings. The fraction of sp³-hybridized carbons (Fsp3) is 0.391. The molecule has 0 saturated carbocycles. The molecule has 29 heavy (non-hydrogen) atoms. The maximum atomic E-state index is 12.4. The summed E-state index contributed by atoms with van der Waals surface area (Å²) >= 11 is 0. The second-order valence-corrected chi connectivity index (χ2v) is 7.42. The average Bonchev–Trinajstić information content (AvgIpc) is 2.66. The fourth-order valence-corrected chi connectivity index (χ4v) is 2.95. The Bertz CT molecular complexity index is 831. The van der Waals surface area contributed by atoms with E-state index in [1.165, 1.54) is 4.90 Å². The third-order valence-corrected chi connectivity index (χ3v) is 4.78. The van der Waals surface area contributed by atoms with E-state index in [4.69, 9.17) is 4.74 Å². The van der Waals surface area contributed by atoms with Crippen LogP contribution in [0.4, 0.5) is 5.69 Å². The SMILES string of the molecule is Cc1ccccc1OCCN(C)CC(=O)N(C)CC(=O)Nc1c(C)cccc1C. The Morgan fingerprint density at radius 1 is 0.897 bits per heavy atom. The van der Waals surface area contributed by atoms with Gasteiger partial charge in [0.2, 0.25) is 11.8 Å². The molecular weight excluding hydrogens is 366 g/mol. The van der Waals surface area contributed by atoms with Gasteiger partial charge in [0, 0.05) is 19.3 Å². The van der Waals surface area contributed by atoms with Gasteiger partial charge in [0.05, 0.1) is 13.1 Å². The average molecular weight is 398 g/mol. The molecule has 2 amide bonds. The molecule has 0 unspecified atom stereocenters. The number of carbonyl (C=O) groups excluding carboxylic acids is 2. The second kappa shape index (κ2) is 10.6. The maximum Gasteiger partial charge on any atom is 0.243 e. The molecule has 6 heteroatoms. The van der Waals surface area contributed by atoms with Gasteiger partial charge in [-0.15, -0.1) is 0 Å². The lowest BCUT2D eigenvalue weighted by Gasteiger charge is -2.22. The van der Waals surface area contributed by atoms with Gasteiger partial charge in [-0.3, -0.25) is 14.5 Å². The van der Waals surface area contributed by atoms with Crippen molar-refractivity contribution in [3.8, 4) is 5.75 Å². The Balaban J connectivity index is 1.76. The molecule has 0 bridgehead atoms. The van der Waals surface area contributed by atoms with Gasteiger partial charge in [-0.2, -0.15) is 0 Å². The number of carbonyl (C=O) groups is 2. The predicted octanol–water partition coefficient (Wildman–Crippen LogP) is 3.02. The van der Waals surface area contributed by atoms with Crippen molar-refractivity contribution in [2.75, 3.05) is 45.7 Å². The Morgan fingerprint density at radius 2 is 1.52 bits per heavy atom. The summed E-state index contributed by atoms with van der Waals surface area (Å²) in [6, 6.07) is 13.7. The van der Waals surface area contributed by atoms with Gasteiger partial charge in [-0.1, -0.05) is 36.4 Å². The largest absolute Gasteiger partial charge is 0.492 e. The van der Waals surface area contributed by atoms with E-state index < -0.39 is 0 Å². The zero-order valence-corrected chi connectivity index (χ0v) is 18.0. The molecule has 0 atom stereocenters. The molecule has 0 aliphatic rings. The fourth-order valence-electron chi connectivity index (χ4n) is 2.95. The van der Waals surface area contributed by atoms with Crippen LogP contribution in [0.25, 0.3) is 0 Å². The van der Waals surface area contributed by atoms with E-state index in [0.717, 1.165) is 28.1 Å². The normalized spacial score (nSPS) is 10.7. The highest BCUT2D eigenvalue weighted by Gasteiger charge is 2.16. The molecule has 1 N–H and O–H groups in total. The first kappa shape index (κ1) is 22.4. The van der Waals surface area contributed by atoms with Gasteiger partial charge in [-0.05, 0) is 50.6 Å². The highest BCUT2D eigenvalue weighted by molar-refractivity contribution is 5.95. The minimum Gasteiger partial charge on any atom is -0.492 e. The van der Waals surface area contributed by atoms with Crippen LogP contribution in [-0.4, -0.2) is 62.0 Å². The smallest absolute Gasteiger partial charge is 0.243 e. The van der Waals surface area contributed by atoms with Gasteiger partial charge in [0.1, 0.15) is 12.4 Å². The van der Waals surface area contributed by atoms with Crippen LogP contribution in [0.2, 0.25) is 0 Å². The van der Waals surface area contributed by atoms with Crippen LogP contribution >= 0.6 is 0 Å². The Hall–Kier alpha value is -2.86. The molecule has 0 radical (unpaired) electrons. The maximum absolute atomic E-state index is 12.4. The molecule has 2 aromatic carbocycles. The molecule has 0 aromatic heterocycles. The summed E-state index contributed by atoms with van der Waals surface area (Å²) in [6.45, 7) is 7.25. The molecule has 0 spiro atoms. The third-order valence-electron chi connectivity index (χ3n) is 4.78. The van der Waals surface area contributed by atoms with Crippen molar-refractivity contribution < 1.29 is 14.3 Å². The second-order valence-electron chi connectivity index (χ2n) is 7.42. The quantitative estimate of drug-likeness (QED) is 0.707. The summed E-state index contributed by atoms with van der Waals surface area (Å²) in [6.07, 6.45) is 0. The van der Waals surface area contributed by atoms with Crippen molar-refractivity contribution in [1.82, 2.24) is 9.80 Å². The summed E-state index contributed by atoms with van der Waals surface area (Å²) in [5, 5.41) is 2.91. The van der Waals surface area contributed by atoms with Crippen molar-refractivity contribution in [1.29, 1.82) is 0 Å². The zero-order chi connectivity index (χ0) is 21.4. The van der Waals surface area contributed by atoms with Crippen molar-refractivity contribution in [3.05, 3.63) is 59.2 Å². The summed E-state index contributed by atoms with van der Waals surface area (Å²) < 4.78 is 5.77. The number of nitrogens with one attached hydrogen (secondary N) is 1. The summed E-state index contributed by atoms with van der Waals surface area (Å²) in [5.41, 5.74) is 3.89. The number of anilines is 1. The molecule has 2 aromatic rings. The topological polar surface area (TPSA) is 61.9 Å². The van der Waals surface area contributed by atoms with Crippen molar-refractivity contribution >= 4 is 17.5 Å². The van der Waals surface area contributed by atoms with Crippen LogP contribution < -0.4 is 10.1 Å². The number of aryl methyl sites for hydroxylation is 3. The van der Waals surface area contributed by atoms with E-state index in [2.05, 4.69) is 5.32 Å². The number of likely N-dealkylation sites (N-methyl/N-ethyl adjacent to an activating group) is 2. The number of amides is 2. The number of rotatable bonds is 9. The molecule has 6 nitrogen and oxygen atoms in total. The third kappa shape index (κ3) is 6.91. The van der Waals surface area contributed by atoms with Crippen molar-refractivity contribution in [2.24, 2.45) is 0 Å². The lowest BCUT2D eigenvalue weighted by molar-refractivity contribution is -0.134. The lowest BCUT2D eigenvalue weighted by Crippen LogP contribution is -2.41. The Morgan fingerprint density at radius 3 is 2.17 bits per heavy atom. The van der Waals surface area contributed by atoms with E-state index in [9.17, 15) is 9.59 Å². The highest BCUT2D eigenvalue weighted by Crippen LogP contribution is 2.19. The first-order valence-electron chi connectivity index (χ1n) is 9.75. The van der Waals surface area contributed by atoms with Gasteiger partial charge in [0.15, 0.2) is 0 Å². The van der Waals surface area contributed by atoms with Crippen molar-refractivity contribution in [2.45, 2.75) is 20.8 Å². The van der Waals surface area contributed by atoms with E-state index in [1.54, 1.807) is 7.05 Å². The van der Waals surface area contributed by atoms with Crippen LogP contribution in [0.3, 0.4) is 0 Å². The molecule has 0 heterocycles. The van der Waals surface area contributed by atoms with E-state index in [0.29, 0.717) is 13.2 Å². The van der Waals surface area contributed by atoms with E-state index >= 15 is 0 Å². The molecular formula is C23H31N3O3. The summed E-state index contributed by atoms with van der Waals surface area (Å²) in [4.78, 5) is 28.1. The summed E-state index contributed by atoms with van der Waals surface area (Å²) in [7, 11) is 3.51. The number of hydrogen-bond acceptors (Lipinski definition) is 4. The number of ether oxygens (including phenoxy) is 1. The molecule has 0 aliphatic heterocycles. The number of hydrogen-bond donors (Lipinski definition) is 1. The first-order valence-corrected chi connectivity index (χ1v) is 9.75.